The van der Waals surface area contributed by atoms with Crippen molar-refractivity contribution in [2.45, 2.75) is 12.9 Å². The third-order valence-electron chi connectivity index (χ3n) is 1.63. The lowest BCUT2D eigenvalue weighted by Crippen LogP contribution is -2.19. The van der Waals surface area contributed by atoms with Crippen molar-refractivity contribution in [3.05, 3.63) is 21.8 Å². The van der Waals surface area contributed by atoms with E-state index < -0.39 is 12.2 Å². The summed E-state index contributed by atoms with van der Waals surface area (Å²) in [6, 6.07) is 1.58. The van der Waals surface area contributed by atoms with Gasteiger partial charge in [-0.1, -0.05) is 0 Å². The first-order valence-corrected chi connectivity index (χ1v) is 4.71. The molecular formula is C8H5BrF3N3O. The molecule has 4 nitrogen and oxygen atoms in total. The number of aromatic nitrogens is 1. The number of pyridine rings is 1. The molecule has 0 amide bonds. The van der Waals surface area contributed by atoms with E-state index in [9.17, 15) is 13.2 Å². The molecule has 0 aliphatic rings. The van der Waals surface area contributed by atoms with E-state index in [-0.39, 0.29) is 17.7 Å². The average molecular weight is 296 g/mol. The zero-order chi connectivity index (χ0) is 12.3. The van der Waals surface area contributed by atoms with Crippen LogP contribution >= 0.6 is 15.9 Å². The Kier molecular flexibility index (Phi) is 3.72. The Balaban J connectivity index is 3.27. The van der Waals surface area contributed by atoms with Crippen LogP contribution < -0.4 is 10.5 Å². The molecule has 0 fully saturated rings. The van der Waals surface area contributed by atoms with Gasteiger partial charge in [-0.25, -0.2) is 4.98 Å². The number of nitrogens with zero attached hydrogens (tertiary/aromatic N) is 2. The number of nitriles is 1. The predicted molar refractivity (Wildman–Crippen MR) is 51.2 cm³/mol. The molecule has 0 spiro atoms. The maximum Gasteiger partial charge on any atom is 0.574 e. The van der Waals surface area contributed by atoms with Crippen molar-refractivity contribution >= 4 is 15.9 Å². The van der Waals surface area contributed by atoms with Gasteiger partial charge in [0.25, 0.3) is 0 Å². The van der Waals surface area contributed by atoms with Crippen molar-refractivity contribution in [3.63, 3.8) is 0 Å². The molecule has 1 aromatic heterocycles. The lowest BCUT2D eigenvalue weighted by molar-refractivity contribution is -0.276. The summed E-state index contributed by atoms with van der Waals surface area (Å²) in [5.41, 5.74) is 5.21. The van der Waals surface area contributed by atoms with E-state index >= 15 is 0 Å². The van der Waals surface area contributed by atoms with Crippen molar-refractivity contribution in [1.82, 2.24) is 4.98 Å². The Hall–Kier alpha value is -1.33. The van der Waals surface area contributed by atoms with Crippen LogP contribution in [0.3, 0.4) is 0 Å². The highest BCUT2D eigenvalue weighted by Gasteiger charge is 2.33. The van der Waals surface area contributed by atoms with Crippen LogP contribution in [0.2, 0.25) is 0 Å². The summed E-state index contributed by atoms with van der Waals surface area (Å²) in [7, 11) is 0. The van der Waals surface area contributed by atoms with Gasteiger partial charge in [-0.2, -0.15) is 5.26 Å². The van der Waals surface area contributed by atoms with Gasteiger partial charge < -0.3 is 10.5 Å². The van der Waals surface area contributed by atoms with Gasteiger partial charge >= 0.3 is 6.36 Å². The number of rotatable bonds is 2. The van der Waals surface area contributed by atoms with Gasteiger partial charge in [-0.3, -0.25) is 0 Å². The van der Waals surface area contributed by atoms with Crippen LogP contribution in [0.15, 0.2) is 10.7 Å². The Bertz CT molecular complexity index is 441. The van der Waals surface area contributed by atoms with Crippen LogP contribution in [0.1, 0.15) is 11.1 Å². The van der Waals surface area contributed by atoms with Gasteiger partial charge in [-0.05, 0) is 15.9 Å². The summed E-state index contributed by atoms with van der Waals surface area (Å²) in [5.74, 6) is -0.793. The smallest absolute Gasteiger partial charge is 0.386 e. The van der Waals surface area contributed by atoms with E-state index in [0.717, 1.165) is 6.20 Å². The highest BCUT2D eigenvalue weighted by molar-refractivity contribution is 9.10. The van der Waals surface area contributed by atoms with Crippen LogP contribution in [0, 0.1) is 11.3 Å². The topological polar surface area (TPSA) is 71.9 Å². The van der Waals surface area contributed by atoms with Gasteiger partial charge in [0, 0.05) is 22.8 Å². The number of halogens is 4. The highest BCUT2D eigenvalue weighted by Crippen LogP contribution is 2.29. The lowest BCUT2D eigenvalue weighted by Gasteiger charge is -2.11. The van der Waals surface area contributed by atoms with Gasteiger partial charge in [0.15, 0.2) is 0 Å². The van der Waals surface area contributed by atoms with Crippen molar-refractivity contribution in [1.29, 1.82) is 5.26 Å². The summed E-state index contributed by atoms with van der Waals surface area (Å²) in [6.45, 7) is -0.0970. The first-order chi connectivity index (χ1) is 7.39. The SMILES string of the molecule is N#Cc1c(OC(F)(F)F)ncc(Br)c1CN. The zero-order valence-corrected chi connectivity index (χ0v) is 9.26. The molecule has 0 aromatic carbocycles. The second-order valence-corrected chi connectivity index (χ2v) is 3.48. The molecule has 0 aliphatic heterocycles. The van der Waals surface area contributed by atoms with Gasteiger partial charge in [0.2, 0.25) is 5.88 Å². The van der Waals surface area contributed by atoms with E-state index in [1.54, 1.807) is 6.07 Å². The standard InChI is InChI=1S/C8H5BrF3N3O/c9-6-3-15-7(16-8(10,11)12)5(2-14)4(6)1-13/h3H,1,13H2. The van der Waals surface area contributed by atoms with Crippen molar-refractivity contribution in [2.75, 3.05) is 0 Å². The van der Waals surface area contributed by atoms with Crippen LogP contribution in [0.4, 0.5) is 13.2 Å². The lowest BCUT2D eigenvalue weighted by atomic mass is 10.1. The monoisotopic (exact) mass is 295 g/mol. The summed E-state index contributed by atoms with van der Waals surface area (Å²) < 4.78 is 39.9. The van der Waals surface area contributed by atoms with E-state index in [1.165, 1.54) is 0 Å². The number of ether oxygens (including phenoxy) is 1. The minimum atomic E-state index is -4.89. The summed E-state index contributed by atoms with van der Waals surface area (Å²) in [4.78, 5) is 3.38. The molecule has 8 heteroatoms. The molecule has 0 unspecified atom stereocenters. The molecule has 0 aliphatic carbocycles. The van der Waals surface area contributed by atoms with Gasteiger partial charge in [0.05, 0.1) is 0 Å². The minimum Gasteiger partial charge on any atom is -0.386 e. The Labute approximate surface area is 97.0 Å². The second-order valence-electron chi connectivity index (χ2n) is 2.63. The Morgan fingerprint density at radius 1 is 1.56 bits per heavy atom. The number of hydrogen-bond acceptors (Lipinski definition) is 4. The zero-order valence-electron chi connectivity index (χ0n) is 7.68. The van der Waals surface area contributed by atoms with E-state index in [2.05, 4.69) is 25.7 Å². The van der Waals surface area contributed by atoms with Crippen LogP contribution in [-0.2, 0) is 6.54 Å². The fourth-order valence-electron chi connectivity index (χ4n) is 1.01. The molecule has 1 rings (SSSR count). The molecule has 86 valence electrons. The third-order valence-corrected chi connectivity index (χ3v) is 2.31. The molecular weight excluding hydrogens is 291 g/mol. The maximum absolute atomic E-state index is 12.0. The van der Waals surface area contributed by atoms with Crippen LogP contribution in [0.25, 0.3) is 0 Å². The van der Waals surface area contributed by atoms with Gasteiger partial charge in [-0.15, -0.1) is 13.2 Å². The van der Waals surface area contributed by atoms with Crippen molar-refractivity contribution < 1.29 is 17.9 Å². The largest absolute Gasteiger partial charge is 0.574 e. The van der Waals surface area contributed by atoms with E-state index in [0.29, 0.717) is 4.47 Å². The Morgan fingerprint density at radius 2 is 2.19 bits per heavy atom. The van der Waals surface area contributed by atoms with Gasteiger partial charge in [0.1, 0.15) is 11.6 Å². The van der Waals surface area contributed by atoms with Crippen molar-refractivity contribution in [2.24, 2.45) is 5.73 Å². The predicted octanol–water partition coefficient (Wildman–Crippen LogP) is 2.07. The molecule has 0 saturated carbocycles. The number of nitrogens with two attached hydrogens (primary N) is 1. The molecule has 0 bridgehead atoms. The molecule has 2 N–H and O–H groups in total. The summed E-state index contributed by atoms with van der Waals surface area (Å²) in [5, 5.41) is 8.74. The van der Waals surface area contributed by atoms with E-state index in [1.807, 2.05) is 0 Å². The van der Waals surface area contributed by atoms with Crippen LogP contribution in [0.5, 0.6) is 5.88 Å². The molecule has 1 heterocycles. The first kappa shape index (κ1) is 12.7. The molecule has 0 saturated heterocycles. The maximum atomic E-state index is 12.0. The van der Waals surface area contributed by atoms with Crippen molar-refractivity contribution in [3.8, 4) is 11.9 Å². The van der Waals surface area contributed by atoms with Crippen LogP contribution in [-0.4, -0.2) is 11.3 Å². The molecule has 0 radical (unpaired) electrons. The second kappa shape index (κ2) is 4.67. The molecule has 16 heavy (non-hydrogen) atoms. The minimum absolute atomic E-state index is 0.0970. The molecule has 0 atom stereocenters. The normalized spacial score (nSPS) is 11.0. The quantitative estimate of drug-likeness (QED) is 0.907. The average Bonchev–Trinajstić information content (AvgIpc) is 2.18. The number of alkyl halides is 3. The summed E-state index contributed by atoms with van der Waals surface area (Å²) >= 11 is 3.03. The Morgan fingerprint density at radius 3 is 2.62 bits per heavy atom. The first-order valence-electron chi connectivity index (χ1n) is 3.92. The summed E-state index contributed by atoms with van der Waals surface area (Å²) in [6.07, 6.45) is -3.79. The highest BCUT2D eigenvalue weighted by atomic mass is 79.9. The van der Waals surface area contributed by atoms with E-state index in [4.69, 9.17) is 11.0 Å². The fourth-order valence-corrected chi connectivity index (χ4v) is 1.47. The molecule has 1 aromatic rings. The number of hydrogen-bond donors (Lipinski definition) is 1. The fraction of sp³-hybridized carbons (Fsp3) is 0.250. The third kappa shape index (κ3) is 2.84.